The van der Waals surface area contributed by atoms with Gasteiger partial charge in [-0.25, -0.2) is 9.37 Å². The number of aromatic nitrogens is 4. The number of nitrogens with one attached hydrogen (secondary N) is 2. The van der Waals surface area contributed by atoms with Crippen LogP contribution < -0.4 is 0 Å². The molecule has 8 heteroatoms. The van der Waals surface area contributed by atoms with Gasteiger partial charge in [0.15, 0.2) is 11.6 Å². The van der Waals surface area contributed by atoms with Crippen molar-refractivity contribution >= 4 is 16.5 Å². The number of aliphatic hydroxyl groups is 1. The van der Waals surface area contributed by atoms with Crippen molar-refractivity contribution in [3.63, 3.8) is 0 Å². The maximum absolute atomic E-state index is 15.6. The smallest absolute Gasteiger partial charge is 0.159 e. The fourth-order valence-electron chi connectivity index (χ4n) is 5.65. The number of phenols is 1. The number of hydrogen-bond acceptors (Lipinski definition) is 5. The van der Waals surface area contributed by atoms with Crippen LogP contribution in [0, 0.1) is 5.82 Å². The van der Waals surface area contributed by atoms with E-state index in [1.165, 1.54) is 5.57 Å². The molecule has 0 amide bonds. The molecule has 0 unspecified atom stereocenters. The summed E-state index contributed by atoms with van der Waals surface area (Å²) in [4.78, 5) is 10.5. The SMILES string of the molecule is CCc1cc(O)ccc1-c1ccc2c(-c3nc(C4=CCN([C@H]5CC[C@@H](O)CC5)C4)c[nH]3)n[nH]c2c1F. The Balaban J connectivity index is 1.26. The number of aromatic hydroxyl groups is 1. The van der Waals surface area contributed by atoms with Crippen molar-refractivity contribution in [2.45, 2.75) is 51.2 Å². The van der Waals surface area contributed by atoms with Gasteiger partial charge >= 0.3 is 0 Å². The van der Waals surface area contributed by atoms with Crippen LogP contribution in [0.2, 0.25) is 0 Å². The molecule has 3 heterocycles. The second-order valence-electron chi connectivity index (χ2n) is 9.87. The minimum Gasteiger partial charge on any atom is -0.508 e. The lowest BCUT2D eigenvalue weighted by molar-refractivity contribution is 0.0860. The maximum Gasteiger partial charge on any atom is 0.159 e. The molecule has 1 saturated carbocycles. The Morgan fingerprint density at radius 2 is 1.92 bits per heavy atom. The number of halogens is 1. The zero-order chi connectivity index (χ0) is 24.8. The van der Waals surface area contributed by atoms with Gasteiger partial charge in [-0.3, -0.25) is 10.00 Å². The van der Waals surface area contributed by atoms with E-state index in [0.29, 0.717) is 40.4 Å². The van der Waals surface area contributed by atoms with Crippen molar-refractivity contribution in [2.75, 3.05) is 13.1 Å². The number of phenolic OH excluding ortho intramolecular Hbond substituents is 1. The third-order valence-electron chi connectivity index (χ3n) is 7.70. The van der Waals surface area contributed by atoms with Gasteiger partial charge in [0.05, 0.1) is 11.8 Å². The largest absolute Gasteiger partial charge is 0.508 e. The summed E-state index contributed by atoms with van der Waals surface area (Å²) < 4.78 is 15.6. The number of imidazole rings is 1. The first-order valence-electron chi connectivity index (χ1n) is 12.7. The van der Waals surface area contributed by atoms with Crippen molar-refractivity contribution < 1.29 is 14.6 Å². The topological polar surface area (TPSA) is 101 Å². The summed E-state index contributed by atoms with van der Waals surface area (Å²) in [7, 11) is 0. The molecule has 0 saturated heterocycles. The maximum atomic E-state index is 15.6. The van der Waals surface area contributed by atoms with Crippen LogP contribution in [0.15, 0.2) is 42.6 Å². The third-order valence-corrected chi connectivity index (χ3v) is 7.70. The molecule has 2 aromatic heterocycles. The van der Waals surface area contributed by atoms with Crippen molar-refractivity contribution in [1.82, 2.24) is 25.1 Å². The molecule has 0 bridgehead atoms. The van der Waals surface area contributed by atoms with Gasteiger partial charge < -0.3 is 15.2 Å². The quantitative estimate of drug-likeness (QED) is 0.316. The lowest BCUT2D eigenvalue weighted by Gasteiger charge is -2.33. The molecule has 36 heavy (non-hydrogen) atoms. The van der Waals surface area contributed by atoms with Gasteiger partial charge in [-0.2, -0.15) is 5.10 Å². The van der Waals surface area contributed by atoms with E-state index in [9.17, 15) is 10.2 Å². The molecule has 186 valence electrons. The highest BCUT2D eigenvalue weighted by Crippen LogP contribution is 2.35. The van der Waals surface area contributed by atoms with E-state index in [-0.39, 0.29) is 17.7 Å². The van der Waals surface area contributed by atoms with E-state index in [1.54, 1.807) is 24.3 Å². The highest BCUT2D eigenvalue weighted by Gasteiger charge is 2.28. The first-order valence-corrected chi connectivity index (χ1v) is 12.7. The van der Waals surface area contributed by atoms with Crippen LogP contribution in [0.4, 0.5) is 4.39 Å². The van der Waals surface area contributed by atoms with Crippen LogP contribution in [0.1, 0.15) is 43.9 Å². The van der Waals surface area contributed by atoms with Gasteiger partial charge in [0, 0.05) is 36.3 Å². The van der Waals surface area contributed by atoms with Gasteiger partial charge in [0.1, 0.15) is 17.0 Å². The lowest BCUT2D eigenvalue weighted by Crippen LogP contribution is -2.37. The van der Waals surface area contributed by atoms with E-state index < -0.39 is 0 Å². The minimum absolute atomic E-state index is 0.149. The predicted octanol–water partition coefficient (Wildman–Crippen LogP) is 5.03. The molecular formula is C28H30FN5O2. The second-order valence-corrected chi connectivity index (χ2v) is 9.87. The molecule has 0 atom stereocenters. The fourth-order valence-corrected chi connectivity index (χ4v) is 5.65. The predicted molar refractivity (Wildman–Crippen MR) is 138 cm³/mol. The number of benzene rings is 2. The Labute approximate surface area is 208 Å². The third kappa shape index (κ3) is 4.00. The zero-order valence-corrected chi connectivity index (χ0v) is 20.3. The van der Waals surface area contributed by atoms with E-state index in [2.05, 4.69) is 26.2 Å². The molecule has 4 aromatic rings. The summed E-state index contributed by atoms with van der Waals surface area (Å²) in [5.74, 6) is 0.403. The monoisotopic (exact) mass is 487 g/mol. The fraction of sp³-hybridized carbons (Fsp3) is 0.357. The summed E-state index contributed by atoms with van der Waals surface area (Å²) >= 11 is 0. The number of hydrogen-bond donors (Lipinski definition) is 4. The lowest BCUT2D eigenvalue weighted by atomic mass is 9.92. The molecule has 0 spiro atoms. The van der Waals surface area contributed by atoms with Crippen LogP contribution in [-0.4, -0.2) is 60.5 Å². The van der Waals surface area contributed by atoms with Crippen molar-refractivity contribution in [3.8, 4) is 28.4 Å². The van der Waals surface area contributed by atoms with Gasteiger partial charge in [-0.05, 0) is 67.0 Å². The van der Waals surface area contributed by atoms with Crippen LogP contribution in [0.5, 0.6) is 5.75 Å². The Bertz CT molecular complexity index is 1450. The van der Waals surface area contributed by atoms with Crippen molar-refractivity contribution in [3.05, 3.63) is 59.7 Å². The van der Waals surface area contributed by atoms with Crippen LogP contribution >= 0.6 is 0 Å². The van der Waals surface area contributed by atoms with Gasteiger partial charge in [-0.1, -0.05) is 25.1 Å². The second kappa shape index (κ2) is 9.19. The number of aryl methyl sites for hydroxylation is 1. The van der Waals surface area contributed by atoms with E-state index in [1.807, 2.05) is 19.2 Å². The van der Waals surface area contributed by atoms with Crippen molar-refractivity contribution in [1.29, 1.82) is 0 Å². The Hall–Kier alpha value is -3.49. The average Bonchev–Trinajstić information content (AvgIpc) is 3.64. The van der Waals surface area contributed by atoms with Gasteiger partial charge in [0.25, 0.3) is 0 Å². The molecule has 7 nitrogen and oxygen atoms in total. The number of fused-ring (bicyclic) bond motifs is 1. The first-order chi connectivity index (χ1) is 17.5. The minimum atomic E-state index is -0.370. The number of aliphatic hydroxyl groups excluding tert-OH is 1. The average molecular weight is 488 g/mol. The number of aromatic amines is 2. The Morgan fingerprint density at radius 1 is 1.11 bits per heavy atom. The Morgan fingerprint density at radius 3 is 2.72 bits per heavy atom. The molecule has 0 radical (unpaired) electrons. The normalized spacial score (nSPS) is 20.8. The van der Waals surface area contributed by atoms with E-state index in [0.717, 1.165) is 55.6 Å². The number of rotatable bonds is 5. The van der Waals surface area contributed by atoms with E-state index >= 15 is 4.39 Å². The van der Waals surface area contributed by atoms with Gasteiger partial charge in [0.2, 0.25) is 0 Å². The molecular weight excluding hydrogens is 457 g/mol. The standard InChI is InChI=1S/C28H30FN5O2/c1-2-16-13-20(36)7-8-21(16)22-9-10-23-26(25(22)29)32-33-27(23)28-30-14-24(31-28)17-11-12-34(15-17)18-3-5-19(35)6-4-18/h7-11,13-14,18-19,35-36H,2-6,12,15H2,1H3,(H,30,31)(H,32,33)/t18-,19+. The zero-order valence-electron chi connectivity index (χ0n) is 20.3. The Kier molecular flexibility index (Phi) is 5.85. The summed E-state index contributed by atoms with van der Waals surface area (Å²) in [6.07, 6.45) is 8.47. The number of nitrogens with zero attached hydrogens (tertiary/aromatic N) is 3. The molecule has 1 fully saturated rings. The summed E-state index contributed by atoms with van der Waals surface area (Å²) in [6, 6.07) is 9.16. The molecule has 2 aliphatic rings. The van der Waals surface area contributed by atoms with Crippen LogP contribution in [0.3, 0.4) is 0 Å². The van der Waals surface area contributed by atoms with E-state index in [4.69, 9.17) is 4.98 Å². The summed E-state index contributed by atoms with van der Waals surface area (Å²) in [6.45, 7) is 3.72. The summed E-state index contributed by atoms with van der Waals surface area (Å²) in [5, 5.41) is 27.6. The van der Waals surface area contributed by atoms with Crippen molar-refractivity contribution in [2.24, 2.45) is 0 Å². The first kappa shape index (κ1) is 22.9. The van der Waals surface area contributed by atoms with Crippen LogP contribution in [0.25, 0.3) is 39.1 Å². The molecule has 2 aromatic carbocycles. The molecule has 1 aliphatic carbocycles. The molecule has 1 aliphatic heterocycles. The molecule has 4 N–H and O–H groups in total. The van der Waals surface area contributed by atoms with Crippen LogP contribution in [-0.2, 0) is 6.42 Å². The summed E-state index contributed by atoms with van der Waals surface area (Å²) in [5.41, 5.74) is 5.09. The number of H-pyrrole nitrogens is 2. The highest BCUT2D eigenvalue weighted by atomic mass is 19.1. The van der Waals surface area contributed by atoms with Gasteiger partial charge in [-0.15, -0.1) is 0 Å². The molecule has 6 rings (SSSR count). The highest BCUT2D eigenvalue weighted by molar-refractivity contribution is 5.95.